The van der Waals surface area contributed by atoms with E-state index in [2.05, 4.69) is 12.2 Å². The Labute approximate surface area is 109 Å². The Bertz CT molecular complexity index is 279. The number of nitrogens with one attached hydrogen (secondary N) is 1. The molecule has 1 atom stereocenters. The van der Waals surface area contributed by atoms with Gasteiger partial charge < -0.3 is 9.84 Å². The van der Waals surface area contributed by atoms with Gasteiger partial charge >= 0.3 is 5.97 Å². The fourth-order valence-corrected chi connectivity index (χ4v) is 3.16. The van der Waals surface area contributed by atoms with Gasteiger partial charge in [-0.25, -0.2) is 0 Å². The zero-order chi connectivity index (χ0) is 13.0. The smallest absolute Gasteiger partial charge is 0.323 e. The number of carboxylic acids is 1. The zero-order valence-corrected chi connectivity index (χ0v) is 11.3. The van der Waals surface area contributed by atoms with E-state index >= 15 is 0 Å². The number of hydrogen-bond acceptors (Lipinski definition) is 3. The lowest BCUT2D eigenvalue weighted by Crippen LogP contribution is -2.56. The van der Waals surface area contributed by atoms with Crippen LogP contribution in [0.3, 0.4) is 0 Å². The molecule has 0 amide bonds. The van der Waals surface area contributed by atoms with Crippen LogP contribution in [0.2, 0.25) is 0 Å². The number of hydrogen-bond donors (Lipinski definition) is 2. The summed E-state index contributed by atoms with van der Waals surface area (Å²) in [5, 5.41) is 12.8. The molecule has 1 unspecified atom stereocenters. The maximum atomic E-state index is 11.6. The lowest BCUT2D eigenvalue weighted by atomic mass is 9.75. The van der Waals surface area contributed by atoms with Crippen LogP contribution in [0.1, 0.15) is 51.9 Å². The molecule has 1 aliphatic carbocycles. The SMILES string of the molecule is CCC1CCC(NCC2CCCO2)(C(=O)O)CC1. The van der Waals surface area contributed by atoms with Crippen LogP contribution >= 0.6 is 0 Å². The molecule has 0 aromatic carbocycles. The van der Waals surface area contributed by atoms with E-state index in [9.17, 15) is 9.90 Å². The first-order valence-electron chi connectivity index (χ1n) is 7.26. The van der Waals surface area contributed by atoms with E-state index in [0.29, 0.717) is 12.5 Å². The Morgan fingerprint density at radius 1 is 1.39 bits per heavy atom. The van der Waals surface area contributed by atoms with Gasteiger partial charge in [0.25, 0.3) is 0 Å². The molecule has 2 aliphatic rings. The Kier molecular flexibility index (Phi) is 4.62. The maximum absolute atomic E-state index is 11.6. The first kappa shape index (κ1) is 13.8. The largest absolute Gasteiger partial charge is 0.480 e. The first-order chi connectivity index (χ1) is 8.66. The van der Waals surface area contributed by atoms with Crippen molar-refractivity contribution in [2.24, 2.45) is 5.92 Å². The van der Waals surface area contributed by atoms with Crippen molar-refractivity contribution < 1.29 is 14.6 Å². The molecule has 1 heterocycles. The van der Waals surface area contributed by atoms with Gasteiger partial charge in [0.05, 0.1) is 6.10 Å². The lowest BCUT2D eigenvalue weighted by Gasteiger charge is -2.38. The highest BCUT2D eigenvalue weighted by Crippen LogP contribution is 2.34. The summed E-state index contributed by atoms with van der Waals surface area (Å²) >= 11 is 0. The normalized spacial score (nSPS) is 36.7. The van der Waals surface area contributed by atoms with Crippen LogP contribution in [-0.4, -0.2) is 35.9 Å². The molecule has 104 valence electrons. The maximum Gasteiger partial charge on any atom is 0.323 e. The van der Waals surface area contributed by atoms with Gasteiger partial charge in [-0.05, 0) is 44.4 Å². The highest BCUT2D eigenvalue weighted by Gasteiger charge is 2.41. The Hall–Kier alpha value is -0.610. The highest BCUT2D eigenvalue weighted by molar-refractivity contribution is 5.78. The summed E-state index contributed by atoms with van der Waals surface area (Å²) in [5.41, 5.74) is -0.697. The van der Waals surface area contributed by atoms with Gasteiger partial charge in [0.15, 0.2) is 0 Å². The predicted octanol–water partition coefficient (Wildman–Crippen LogP) is 2.18. The monoisotopic (exact) mass is 255 g/mol. The standard InChI is InChI=1S/C14H25NO3/c1-2-11-5-7-14(8-6-11,13(16)17)15-10-12-4-3-9-18-12/h11-12,15H,2-10H2,1H3,(H,16,17). The van der Waals surface area contributed by atoms with Crippen molar-refractivity contribution in [2.45, 2.75) is 63.5 Å². The van der Waals surface area contributed by atoms with Gasteiger partial charge in [-0.3, -0.25) is 10.1 Å². The number of aliphatic carboxylic acids is 1. The molecule has 1 saturated heterocycles. The van der Waals surface area contributed by atoms with E-state index in [1.54, 1.807) is 0 Å². The van der Waals surface area contributed by atoms with Gasteiger partial charge in [0.2, 0.25) is 0 Å². The minimum Gasteiger partial charge on any atom is -0.480 e. The number of rotatable bonds is 5. The summed E-state index contributed by atoms with van der Waals surface area (Å²) in [6.07, 6.45) is 7.11. The van der Waals surface area contributed by atoms with Crippen LogP contribution in [0, 0.1) is 5.92 Å². The fourth-order valence-electron chi connectivity index (χ4n) is 3.16. The summed E-state index contributed by atoms with van der Waals surface area (Å²) in [6.45, 7) is 3.70. The first-order valence-corrected chi connectivity index (χ1v) is 7.26. The summed E-state index contributed by atoms with van der Waals surface area (Å²) < 4.78 is 5.56. The molecule has 0 spiro atoms. The molecule has 2 fully saturated rings. The fraction of sp³-hybridized carbons (Fsp3) is 0.929. The van der Waals surface area contributed by atoms with Crippen molar-refractivity contribution >= 4 is 5.97 Å². The van der Waals surface area contributed by atoms with Crippen molar-refractivity contribution in [3.8, 4) is 0 Å². The van der Waals surface area contributed by atoms with Gasteiger partial charge in [-0.1, -0.05) is 13.3 Å². The molecule has 1 aliphatic heterocycles. The molecule has 0 radical (unpaired) electrons. The Balaban J connectivity index is 1.88. The summed E-state index contributed by atoms with van der Waals surface area (Å²) in [6, 6.07) is 0. The van der Waals surface area contributed by atoms with Crippen LogP contribution in [0.4, 0.5) is 0 Å². The van der Waals surface area contributed by atoms with Crippen LogP contribution in [0.15, 0.2) is 0 Å². The van der Waals surface area contributed by atoms with Crippen LogP contribution in [0.5, 0.6) is 0 Å². The third-order valence-electron chi connectivity index (χ3n) is 4.64. The van der Waals surface area contributed by atoms with Gasteiger partial charge in [-0.15, -0.1) is 0 Å². The van der Waals surface area contributed by atoms with Crippen molar-refractivity contribution in [1.82, 2.24) is 5.32 Å². The molecule has 2 rings (SSSR count). The molecule has 18 heavy (non-hydrogen) atoms. The van der Waals surface area contributed by atoms with E-state index in [-0.39, 0.29) is 6.10 Å². The van der Waals surface area contributed by atoms with Crippen LogP contribution in [-0.2, 0) is 9.53 Å². The molecule has 0 aromatic heterocycles. The predicted molar refractivity (Wildman–Crippen MR) is 69.6 cm³/mol. The summed E-state index contributed by atoms with van der Waals surface area (Å²) in [4.78, 5) is 11.6. The molecule has 0 aromatic rings. The Morgan fingerprint density at radius 3 is 2.61 bits per heavy atom. The molecule has 4 nitrogen and oxygen atoms in total. The summed E-state index contributed by atoms with van der Waals surface area (Å²) in [7, 11) is 0. The van der Waals surface area contributed by atoms with E-state index in [4.69, 9.17) is 4.74 Å². The topological polar surface area (TPSA) is 58.6 Å². The van der Waals surface area contributed by atoms with Crippen LogP contribution < -0.4 is 5.32 Å². The minimum absolute atomic E-state index is 0.213. The third kappa shape index (κ3) is 3.04. The van der Waals surface area contributed by atoms with E-state index in [1.807, 2.05) is 0 Å². The molecule has 1 saturated carbocycles. The molecule has 0 bridgehead atoms. The van der Waals surface area contributed by atoms with Gasteiger partial charge in [0.1, 0.15) is 5.54 Å². The van der Waals surface area contributed by atoms with E-state index < -0.39 is 11.5 Å². The number of ether oxygens (including phenoxy) is 1. The highest BCUT2D eigenvalue weighted by atomic mass is 16.5. The van der Waals surface area contributed by atoms with Crippen LogP contribution in [0.25, 0.3) is 0 Å². The minimum atomic E-state index is -0.697. The second kappa shape index (κ2) is 6.02. The molecular weight excluding hydrogens is 230 g/mol. The average Bonchev–Trinajstić information content (AvgIpc) is 2.90. The third-order valence-corrected chi connectivity index (χ3v) is 4.64. The van der Waals surface area contributed by atoms with Crippen molar-refractivity contribution in [2.75, 3.05) is 13.2 Å². The average molecular weight is 255 g/mol. The van der Waals surface area contributed by atoms with Crippen molar-refractivity contribution in [3.05, 3.63) is 0 Å². The lowest BCUT2D eigenvalue weighted by molar-refractivity contribution is -0.147. The molecular formula is C14H25NO3. The Morgan fingerprint density at radius 2 is 2.11 bits per heavy atom. The zero-order valence-electron chi connectivity index (χ0n) is 11.3. The van der Waals surface area contributed by atoms with Crippen molar-refractivity contribution in [3.63, 3.8) is 0 Å². The van der Waals surface area contributed by atoms with Gasteiger partial charge in [0, 0.05) is 13.2 Å². The second-order valence-corrected chi connectivity index (χ2v) is 5.75. The molecule has 4 heteroatoms. The van der Waals surface area contributed by atoms with Crippen molar-refractivity contribution in [1.29, 1.82) is 0 Å². The van der Waals surface area contributed by atoms with E-state index in [1.165, 1.54) is 6.42 Å². The van der Waals surface area contributed by atoms with Gasteiger partial charge in [-0.2, -0.15) is 0 Å². The second-order valence-electron chi connectivity index (χ2n) is 5.75. The molecule has 2 N–H and O–H groups in total. The quantitative estimate of drug-likeness (QED) is 0.790. The summed E-state index contributed by atoms with van der Waals surface area (Å²) in [5.74, 6) is 0.0251. The van der Waals surface area contributed by atoms with E-state index in [0.717, 1.165) is 45.1 Å². The number of carbonyl (C=O) groups is 1. The number of carboxylic acid groups (broad SMARTS) is 1.